The SMILES string of the molecule is O=[N+]([O-])C1=CC=CCC1c1cc2sc3cc4ccccc4cc3c2c2ccccc12. The molecule has 0 radical (unpaired) electrons. The number of nitrogens with zero attached hydrogens (tertiary/aromatic N) is 1. The quantitative estimate of drug-likeness (QED) is 0.224. The highest BCUT2D eigenvalue weighted by Crippen LogP contribution is 2.45. The van der Waals surface area contributed by atoms with Gasteiger partial charge < -0.3 is 0 Å². The first-order valence-electron chi connectivity index (χ1n) is 9.98. The van der Waals surface area contributed by atoms with Gasteiger partial charge in [-0.1, -0.05) is 60.7 Å². The maximum absolute atomic E-state index is 11.7. The molecular formula is C26H17NO2S. The van der Waals surface area contributed by atoms with Gasteiger partial charge in [0.2, 0.25) is 0 Å². The van der Waals surface area contributed by atoms with E-state index in [0.29, 0.717) is 6.42 Å². The maximum atomic E-state index is 11.7. The van der Waals surface area contributed by atoms with Crippen molar-refractivity contribution in [3.8, 4) is 0 Å². The first-order valence-corrected chi connectivity index (χ1v) is 10.8. The summed E-state index contributed by atoms with van der Waals surface area (Å²) in [4.78, 5) is 11.5. The van der Waals surface area contributed by atoms with Crippen LogP contribution in [0.4, 0.5) is 0 Å². The smallest absolute Gasteiger partial charge is 0.253 e. The molecule has 1 aromatic heterocycles. The summed E-state index contributed by atoms with van der Waals surface area (Å²) in [5.41, 5.74) is 1.32. The molecule has 4 heteroatoms. The van der Waals surface area contributed by atoms with E-state index in [4.69, 9.17) is 0 Å². The number of thiophene rings is 1. The number of allylic oxidation sites excluding steroid dienone is 4. The minimum absolute atomic E-state index is 0.231. The predicted molar refractivity (Wildman–Crippen MR) is 126 cm³/mol. The summed E-state index contributed by atoms with van der Waals surface area (Å²) >= 11 is 1.77. The van der Waals surface area contributed by atoms with Crippen LogP contribution in [0.1, 0.15) is 17.9 Å². The molecule has 1 atom stereocenters. The van der Waals surface area contributed by atoms with Gasteiger partial charge in [-0.2, -0.15) is 0 Å². The lowest BCUT2D eigenvalue weighted by Crippen LogP contribution is -2.12. The summed E-state index contributed by atoms with van der Waals surface area (Å²) in [7, 11) is 0. The van der Waals surface area contributed by atoms with Gasteiger partial charge in [-0.3, -0.25) is 10.1 Å². The van der Waals surface area contributed by atoms with Gasteiger partial charge in [0, 0.05) is 26.2 Å². The molecule has 4 aromatic carbocycles. The van der Waals surface area contributed by atoms with E-state index in [-0.39, 0.29) is 16.5 Å². The average Bonchev–Trinajstić information content (AvgIpc) is 3.14. The third kappa shape index (κ3) is 2.50. The van der Waals surface area contributed by atoms with Crippen LogP contribution in [-0.2, 0) is 0 Å². The molecule has 144 valence electrons. The lowest BCUT2D eigenvalue weighted by molar-refractivity contribution is -0.430. The van der Waals surface area contributed by atoms with Crippen LogP contribution in [-0.4, -0.2) is 4.92 Å². The number of benzene rings is 4. The van der Waals surface area contributed by atoms with Gasteiger partial charge in [-0.15, -0.1) is 11.3 Å². The Labute approximate surface area is 176 Å². The first kappa shape index (κ1) is 17.4. The molecule has 0 aliphatic heterocycles. The van der Waals surface area contributed by atoms with Crippen molar-refractivity contribution < 1.29 is 4.92 Å². The van der Waals surface area contributed by atoms with Crippen LogP contribution in [0.15, 0.2) is 90.7 Å². The normalized spacial score (nSPS) is 16.5. The number of hydrogen-bond acceptors (Lipinski definition) is 3. The van der Waals surface area contributed by atoms with E-state index in [1.54, 1.807) is 23.5 Å². The van der Waals surface area contributed by atoms with Crippen molar-refractivity contribution in [3.05, 3.63) is 106 Å². The van der Waals surface area contributed by atoms with Gasteiger partial charge in [-0.25, -0.2) is 0 Å². The highest BCUT2D eigenvalue weighted by molar-refractivity contribution is 7.26. The fourth-order valence-corrected chi connectivity index (χ4v) is 5.94. The molecule has 1 heterocycles. The van der Waals surface area contributed by atoms with Crippen molar-refractivity contribution in [1.82, 2.24) is 0 Å². The van der Waals surface area contributed by atoms with Crippen LogP contribution in [0.5, 0.6) is 0 Å². The Morgan fingerprint density at radius 1 is 0.867 bits per heavy atom. The van der Waals surface area contributed by atoms with Crippen LogP contribution in [0, 0.1) is 10.1 Å². The molecular weight excluding hydrogens is 390 g/mol. The Morgan fingerprint density at radius 3 is 2.40 bits per heavy atom. The Hall–Kier alpha value is -3.50. The minimum atomic E-state index is -0.233. The van der Waals surface area contributed by atoms with Gasteiger partial charge >= 0.3 is 0 Å². The van der Waals surface area contributed by atoms with E-state index < -0.39 is 0 Å². The van der Waals surface area contributed by atoms with Crippen molar-refractivity contribution >= 4 is 53.1 Å². The van der Waals surface area contributed by atoms with E-state index in [1.165, 1.54) is 36.3 Å². The number of rotatable bonds is 2. The van der Waals surface area contributed by atoms with Gasteiger partial charge in [0.25, 0.3) is 5.70 Å². The van der Waals surface area contributed by atoms with Crippen molar-refractivity contribution in [2.75, 3.05) is 0 Å². The molecule has 30 heavy (non-hydrogen) atoms. The summed E-state index contributed by atoms with van der Waals surface area (Å²) in [6.07, 6.45) is 6.11. The molecule has 0 N–H and O–H groups in total. The zero-order chi connectivity index (χ0) is 20.2. The molecule has 0 amide bonds. The van der Waals surface area contributed by atoms with Gasteiger partial charge in [0.1, 0.15) is 0 Å². The lowest BCUT2D eigenvalue weighted by atomic mass is 9.85. The van der Waals surface area contributed by atoms with Crippen molar-refractivity contribution in [3.63, 3.8) is 0 Å². The van der Waals surface area contributed by atoms with Crippen LogP contribution in [0.2, 0.25) is 0 Å². The van der Waals surface area contributed by atoms with Crippen LogP contribution >= 0.6 is 11.3 Å². The monoisotopic (exact) mass is 407 g/mol. The first-order chi connectivity index (χ1) is 14.7. The van der Waals surface area contributed by atoms with E-state index in [2.05, 4.69) is 60.7 Å². The van der Waals surface area contributed by atoms with E-state index >= 15 is 0 Å². The van der Waals surface area contributed by atoms with Crippen molar-refractivity contribution in [1.29, 1.82) is 0 Å². The molecule has 1 aliphatic rings. The van der Waals surface area contributed by atoms with E-state index in [1.807, 2.05) is 12.1 Å². The third-order valence-corrected chi connectivity index (χ3v) is 7.20. The molecule has 5 aromatic rings. The van der Waals surface area contributed by atoms with E-state index in [0.717, 1.165) is 10.9 Å². The average molecular weight is 407 g/mol. The largest absolute Gasteiger partial charge is 0.259 e. The fraction of sp³-hybridized carbons (Fsp3) is 0.0769. The molecule has 0 saturated heterocycles. The molecule has 1 unspecified atom stereocenters. The summed E-state index contributed by atoms with van der Waals surface area (Å²) in [6, 6.07) is 23.5. The van der Waals surface area contributed by atoms with Crippen LogP contribution in [0.3, 0.4) is 0 Å². The Morgan fingerprint density at radius 2 is 1.60 bits per heavy atom. The Balaban J connectivity index is 1.72. The molecule has 0 fully saturated rings. The topological polar surface area (TPSA) is 43.1 Å². The second-order valence-electron chi connectivity index (χ2n) is 7.75. The molecule has 0 saturated carbocycles. The zero-order valence-electron chi connectivity index (χ0n) is 16.0. The molecule has 3 nitrogen and oxygen atoms in total. The standard InChI is InChI=1S/C26H17NO2S/c28-27(29)23-12-6-5-10-19(23)21-15-25-26(20-11-4-3-9-18(20)21)22-13-16-7-1-2-8-17(16)14-24(22)30-25/h1-9,11-15,19H,10H2. The minimum Gasteiger partial charge on any atom is -0.259 e. The summed E-state index contributed by atoms with van der Waals surface area (Å²) in [5, 5.41) is 19.0. The third-order valence-electron chi connectivity index (χ3n) is 6.10. The number of nitro groups is 1. The van der Waals surface area contributed by atoms with Crippen LogP contribution in [0.25, 0.3) is 41.7 Å². The van der Waals surface area contributed by atoms with Gasteiger partial charge in [0.15, 0.2) is 0 Å². The van der Waals surface area contributed by atoms with Gasteiger partial charge in [0.05, 0.1) is 10.8 Å². The second kappa shape index (κ2) is 6.51. The molecule has 0 spiro atoms. The fourth-order valence-electron chi connectivity index (χ4n) is 4.73. The van der Waals surface area contributed by atoms with Crippen molar-refractivity contribution in [2.45, 2.75) is 12.3 Å². The Bertz CT molecular complexity index is 1560. The van der Waals surface area contributed by atoms with Crippen LogP contribution < -0.4 is 0 Å². The van der Waals surface area contributed by atoms with Crippen molar-refractivity contribution in [2.24, 2.45) is 0 Å². The zero-order valence-corrected chi connectivity index (χ0v) is 16.9. The number of hydrogen-bond donors (Lipinski definition) is 0. The molecule has 0 bridgehead atoms. The summed E-state index contributed by atoms with van der Waals surface area (Å²) in [6.45, 7) is 0. The molecule has 1 aliphatic carbocycles. The highest BCUT2D eigenvalue weighted by atomic mass is 32.1. The predicted octanol–water partition coefficient (Wildman–Crippen LogP) is 7.57. The van der Waals surface area contributed by atoms with E-state index in [9.17, 15) is 10.1 Å². The summed E-state index contributed by atoms with van der Waals surface area (Å²) in [5.74, 6) is -0.233. The summed E-state index contributed by atoms with van der Waals surface area (Å²) < 4.78 is 2.44. The Kier molecular flexibility index (Phi) is 3.77. The lowest BCUT2D eigenvalue weighted by Gasteiger charge is -2.18. The highest BCUT2D eigenvalue weighted by Gasteiger charge is 2.29. The second-order valence-corrected chi connectivity index (χ2v) is 8.83. The van der Waals surface area contributed by atoms with Gasteiger partial charge in [-0.05, 0) is 51.7 Å². The number of fused-ring (bicyclic) bond motifs is 6. The molecule has 6 rings (SSSR count). The maximum Gasteiger partial charge on any atom is 0.253 e.